The van der Waals surface area contributed by atoms with Crippen LogP contribution < -0.4 is 15.5 Å². The minimum atomic E-state index is -0.923. The van der Waals surface area contributed by atoms with Crippen LogP contribution >= 0.6 is 11.8 Å². The largest absolute Gasteiger partial charge is 0.369 e. The van der Waals surface area contributed by atoms with Crippen molar-refractivity contribution in [3.8, 4) is 22.6 Å². The molecular weight excluding hydrogens is 594 g/mol. The summed E-state index contributed by atoms with van der Waals surface area (Å²) in [5.41, 5.74) is 4.77. The Morgan fingerprint density at radius 3 is 2.40 bits per heavy atom. The molecule has 0 atom stereocenters. The number of halogens is 2. The Kier molecular flexibility index (Phi) is 7.90. The fourth-order valence-corrected chi connectivity index (χ4v) is 6.54. The molecule has 2 aromatic heterocycles. The molecule has 4 heterocycles. The highest BCUT2D eigenvalue weighted by Crippen LogP contribution is 2.39. The van der Waals surface area contributed by atoms with Crippen molar-refractivity contribution in [1.29, 1.82) is 0 Å². The van der Waals surface area contributed by atoms with Crippen molar-refractivity contribution in [2.24, 2.45) is 0 Å². The van der Waals surface area contributed by atoms with Gasteiger partial charge in [0.15, 0.2) is 5.16 Å². The van der Waals surface area contributed by atoms with Gasteiger partial charge in [-0.05, 0) is 61.6 Å². The van der Waals surface area contributed by atoms with Crippen molar-refractivity contribution < 1.29 is 13.6 Å². The Morgan fingerprint density at radius 2 is 1.62 bits per heavy atom. The van der Waals surface area contributed by atoms with Crippen molar-refractivity contribution in [3.63, 3.8) is 0 Å². The van der Waals surface area contributed by atoms with Crippen LogP contribution in [0.15, 0.2) is 84.1 Å². The topological polar surface area (TPSA) is 91.2 Å². The standard InChI is InChI=1S/C33H30F2N8OS/c1-41-14-16-42(17-15-41)24-10-8-22(9-11-24)38-32-36-13-12-27(39-32)30-29(40-33-43(30)18-19-45-33)21-4-2-5-23(20-21)37-31(44)28-25(34)6-3-7-26(28)35/h2-13,20H,14-19H2,1H3,(H,37,44)(H,36,38,39). The van der Waals surface area contributed by atoms with Gasteiger partial charge in [0.25, 0.3) is 5.91 Å². The van der Waals surface area contributed by atoms with E-state index in [9.17, 15) is 13.6 Å². The highest BCUT2D eigenvalue weighted by molar-refractivity contribution is 7.99. The number of piperazine rings is 1. The molecule has 1 amide bonds. The first-order valence-electron chi connectivity index (χ1n) is 14.7. The van der Waals surface area contributed by atoms with Gasteiger partial charge in [-0.1, -0.05) is 30.0 Å². The van der Waals surface area contributed by atoms with Gasteiger partial charge in [0.2, 0.25) is 5.95 Å². The molecule has 0 radical (unpaired) electrons. The number of carbonyl (C=O) groups excluding carboxylic acids is 1. The Bertz CT molecular complexity index is 1850. The Balaban J connectivity index is 1.15. The molecule has 9 nitrogen and oxygen atoms in total. The second-order valence-corrected chi connectivity index (χ2v) is 12.0. The second kappa shape index (κ2) is 12.3. The number of imidazole rings is 1. The normalized spacial score (nSPS) is 14.8. The molecule has 0 unspecified atom stereocenters. The molecule has 2 aliphatic rings. The molecule has 228 valence electrons. The zero-order chi connectivity index (χ0) is 30.9. The van der Waals surface area contributed by atoms with Crippen LogP contribution in [0, 0.1) is 11.6 Å². The van der Waals surface area contributed by atoms with E-state index in [1.807, 2.05) is 24.3 Å². The Morgan fingerprint density at radius 1 is 0.867 bits per heavy atom. The van der Waals surface area contributed by atoms with E-state index in [1.54, 1.807) is 36.2 Å². The number of aromatic nitrogens is 4. The third-order valence-corrected chi connectivity index (χ3v) is 8.91. The molecule has 0 saturated carbocycles. The quantitative estimate of drug-likeness (QED) is 0.223. The molecule has 1 fully saturated rings. The fraction of sp³-hybridized carbons (Fsp3) is 0.212. The van der Waals surface area contributed by atoms with Gasteiger partial charge in [-0.2, -0.15) is 0 Å². The van der Waals surface area contributed by atoms with Crippen molar-refractivity contribution >= 4 is 40.7 Å². The summed E-state index contributed by atoms with van der Waals surface area (Å²) < 4.78 is 30.6. The first-order valence-corrected chi connectivity index (χ1v) is 15.6. The SMILES string of the molecule is CN1CCN(c2ccc(Nc3nccc(-c4c(-c5cccc(NC(=O)c6c(F)cccc6F)c5)nc5n4CCS5)n3)cc2)CC1. The van der Waals surface area contributed by atoms with Crippen molar-refractivity contribution in [2.45, 2.75) is 11.7 Å². The lowest BCUT2D eigenvalue weighted by molar-refractivity contribution is 0.101. The van der Waals surface area contributed by atoms with E-state index in [1.165, 1.54) is 11.8 Å². The molecule has 7 rings (SSSR count). The highest BCUT2D eigenvalue weighted by Gasteiger charge is 2.26. The Labute approximate surface area is 263 Å². The number of thioether (sulfide) groups is 1. The second-order valence-electron chi connectivity index (χ2n) is 11.0. The summed E-state index contributed by atoms with van der Waals surface area (Å²) in [5, 5.41) is 6.83. The number of nitrogens with one attached hydrogen (secondary N) is 2. The number of anilines is 4. The number of likely N-dealkylation sites (N-methyl/N-ethyl adjacent to an activating group) is 1. The maximum atomic E-state index is 14.2. The first kappa shape index (κ1) is 28.9. The van der Waals surface area contributed by atoms with E-state index < -0.39 is 23.1 Å². The minimum Gasteiger partial charge on any atom is -0.369 e. The third kappa shape index (κ3) is 5.98. The smallest absolute Gasteiger partial charge is 0.261 e. The summed E-state index contributed by atoms with van der Waals surface area (Å²) in [6.45, 7) is 4.87. The van der Waals surface area contributed by atoms with E-state index in [4.69, 9.17) is 9.97 Å². The molecule has 0 aliphatic carbocycles. The third-order valence-electron chi connectivity index (χ3n) is 7.95. The van der Waals surface area contributed by atoms with Crippen LogP contribution in [0.4, 0.5) is 31.8 Å². The summed E-state index contributed by atoms with van der Waals surface area (Å²) in [6, 6.07) is 20.5. The number of benzene rings is 3. The van der Waals surface area contributed by atoms with E-state index in [0.717, 1.165) is 72.7 Å². The van der Waals surface area contributed by atoms with Crippen molar-refractivity contribution in [1.82, 2.24) is 24.4 Å². The number of nitrogens with zero attached hydrogens (tertiary/aromatic N) is 6. The molecule has 5 aromatic rings. The van der Waals surface area contributed by atoms with E-state index >= 15 is 0 Å². The number of carbonyl (C=O) groups is 1. The van der Waals surface area contributed by atoms with E-state index in [2.05, 4.69) is 49.2 Å². The maximum absolute atomic E-state index is 14.2. The summed E-state index contributed by atoms with van der Waals surface area (Å²) >= 11 is 1.66. The van der Waals surface area contributed by atoms with E-state index in [0.29, 0.717) is 23.0 Å². The molecule has 2 N–H and O–H groups in total. The number of amides is 1. The average molecular weight is 625 g/mol. The lowest BCUT2D eigenvalue weighted by Crippen LogP contribution is -2.44. The predicted molar refractivity (Wildman–Crippen MR) is 173 cm³/mol. The first-order chi connectivity index (χ1) is 21.9. The fourth-order valence-electron chi connectivity index (χ4n) is 5.59. The number of fused-ring (bicyclic) bond motifs is 1. The van der Waals surface area contributed by atoms with Gasteiger partial charge in [-0.25, -0.2) is 23.7 Å². The van der Waals surface area contributed by atoms with Gasteiger partial charge in [0, 0.05) is 67.3 Å². The number of hydrogen-bond donors (Lipinski definition) is 2. The van der Waals surface area contributed by atoms with E-state index in [-0.39, 0.29) is 0 Å². The summed E-state index contributed by atoms with van der Waals surface area (Å²) in [7, 11) is 2.15. The molecular formula is C33H30F2N8OS. The lowest BCUT2D eigenvalue weighted by atomic mass is 10.1. The van der Waals surface area contributed by atoms with Crippen LogP contribution in [0.3, 0.4) is 0 Å². The monoisotopic (exact) mass is 624 g/mol. The van der Waals surface area contributed by atoms with Gasteiger partial charge >= 0.3 is 0 Å². The number of rotatable bonds is 7. The number of hydrogen-bond acceptors (Lipinski definition) is 8. The van der Waals surface area contributed by atoms with Crippen LogP contribution in [-0.4, -0.2) is 69.3 Å². The van der Waals surface area contributed by atoms with Gasteiger partial charge in [0.05, 0.1) is 17.1 Å². The molecule has 12 heteroatoms. The highest BCUT2D eigenvalue weighted by atomic mass is 32.2. The van der Waals surface area contributed by atoms with Crippen LogP contribution in [0.5, 0.6) is 0 Å². The summed E-state index contributed by atoms with van der Waals surface area (Å²) in [4.78, 5) is 31.7. The molecule has 0 bridgehead atoms. The van der Waals surface area contributed by atoms with Crippen molar-refractivity contribution in [3.05, 3.63) is 96.2 Å². The van der Waals surface area contributed by atoms with Crippen molar-refractivity contribution in [2.75, 3.05) is 54.5 Å². The van der Waals surface area contributed by atoms with Crippen LogP contribution in [-0.2, 0) is 6.54 Å². The molecule has 1 saturated heterocycles. The average Bonchev–Trinajstić information content (AvgIpc) is 3.64. The summed E-state index contributed by atoms with van der Waals surface area (Å²) in [6.07, 6.45) is 1.72. The molecule has 0 spiro atoms. The van der Waals surface area contributed by atoms with Crippen LogP contribution in [0.1, 0.15) is 10.4 Å². The molecule has 3 aromatic carbocycles. The predicted octanol–water partition coefficient (Wildman–Crippen LogP) is 6.14. The maximum Gasteiger partial charge on any atom is 0.261 e. The summed E-state index contributed by atoms with van der Waals surface area (Å²) in [5.74, 6) is -1.36. The Hall–Kier alpha value is -4.81. The molecule has 2 aliphatic heterocycles. The van der Waals surface area contributed by atoms with Gasteiger partial charge in [0.1, 0.15) is 17.2 Å². The zero-order valence-electron chi connectivity index (χ0n) is 24.5. The molecule has 45 heavy (non-hydrogen) atoms. The van der Waals surface area contributed by atoms with Gasteiger partial charge in [-0.15, -0.1) is 0 Å². The lowest BCUT2D eigenvalue weighted by Gasteiger charge is -2.34. The van der Waals surface area contributed by atoms with Gasteiger partial charge in [-0.3, -0.25) is 4.79 Å². The minimum absolute atomic E-state index is 0.386. The van der Waals surface area contributed by atoms with Crippen LogP contribution in [0.2, 0.25) is 0 Å². The van der Waals surface area contributed by atoms with Crippen LogP contribution in [0.25, 0.3) is 22.6 Å². The zero-order valence-corrected chi connectivity index (χ0v) is 25.3. The van der Waals surface area contributed by atoms with Gasteiger partial charge < -0.3 is 25.0 Å².